The zero-order valence-corrected chi connectivity index (χ0v) is 9.88. The summed E-state index contributed by atoms with van der Waals surface area (Å²) in [4.78, 5) is 0. The van der Waals surface area contributed by atoms with Gasteiger partial charge in [-0.3, -0.25) is 15.6 Å². The molecule has 4 nitrogen and oxygen atoms in total. The minimum absolute atomic E-state index is 0.0216. The van der Waals surface area contributed by atoms with Crippen LogP contribution in [0.1, 0.15) is 38.5 Å². The largest absolute Gasteiger partial charge is 0.274 e. The fraction of sp³-hybridized carbons (Fsp3) is 1.00. The summed E-state index contributed by atoms with van der Waals surface area (Å²) in [5.74, 6) is 2.49. The van der Waals surface area contributed by atoms with E-state index in [1.54, 1.807) is 0 Å². The van der Waals surface area contributed by atoms with Crippen LogP contribution in [0, 0.1) is 17.8 Å². The second kappa shape index (κ2) is 3.07. The van der Waals surface area contributed by atoms with E-state index in [9.17, 15) is 4.57 Å². The molecule has 15 heavy (non-hydrogen) atoms. The molecule has 86 valence electrons. The second-order valence-corrected chi connectivity index (χ2v) is 7.66. The first-order valence-corrected chi connectivity index (χ1v) is 7.75. The molecule has 5 heteroatoms. The van der Waals surface area contributed by atoms with Crippen LogP contribution in [0.2, 0.25) is 0 Å². The van der Waals surface area contributed by atoms with Gasteiger partial charge in [0.1, 0.15) is 0 Å². The minimum atomic E-state index is -3.06. The number of nitrogens with one attached hydrogen (secondary N) is 1. The van der Waals surface area contributed by atoms with Crippen LogP contribution in [0.25, 0.3) is 0 Å². The van der Waals surface area contributed by atoms with E-state index in [0.29, 0.717) is 0 Å². The maximum absolute atomic E-state index is 11.5. The Morgan fingerprint density at radius 1 is 1.00 bits per heavy atom. The lowest BCUT2D eigenvalue weighted by atomic mass is 9.53. The Morgan fingerprint density at radius 3 is 1.73 bits per heavy atom. The van der Waals surface area contributed by atoms with Gasteiger partial charge in [0.05, 0.1) is 0 Å². The van der Waals surface area contributed by atoms with Gasteiger partial charge in [0.2, 0.25) is 0 Å². The molecule has 4 fully saturated rings. The molecule has 4 aliphatic rings. The third-order valence-electron chi connectivity index (χ3n) is 4.45. The van der Waals surface area contributed by atoms with Crippen molar-refractivity contribution in [2.75, 3.05) is 0 Å². The summed E-state index contributed by atoms with van der Waals surface area (Å²) in [6, 6.07) is 0. The molecular formula is C10H20N3OP. The molecule has 5 N–H and O–H groups in total. The highest BCUT2D eigenvalue weighted by Crippen LogP contribution is 2.57. The van der Waals surface area contributed by atoms with Crippen LogP contribution in [-0.2, 0) is 4.57 Å². The van der Waals surface area contributed by atoms with Crippen molar-refractivity contribution in [1.29, 1.82) is 0 Å². The van der Waals surface area contributed by atoms with Crippen molar-refractivity contribution >= 4 is 7.59 Å². The van der Waals surface area contributed by atoms with E-state index in [1.807, 2.05) is 0 Å². The Balaban J connectivity index is 1.84. The summed E-state index contributed by atoms with van der Waals surface area (Å²) in [6.45, 7) is 0. The van der Waals surface area contributed by atoms with Gasteiger partial charge in [0, 0.05) is 5.54 Å². The molecule has 4 bridgehead atoms. The van der Waals surface area contributed by atoms with Gasteiger partial charge in [-0.05, 0) is 56.3 Å². The van der Waals surface area contributed by atoms with Crippen molar-refractivity contribution in [2.45, 2.75) is 44.1 Å². The molecule has 4 saturated carbocycles. The van der Waals surface area contributed by atoms with E-state index in [1.165, 1.54) is 19.3 Å². The van der Waals surface area contributed by atoms with E-state index in [0.717, 1.165) is 37.0 Å². The first-order valence-electron chi connectivity index (χ1n) is 5.91. The summed E-state index contributed by atoms with van der Waals surface area (Å²) in [5.41, 5.74) is 11.0. The molecule has 0 radical (unpaired) electrons. The van der Waals surface area contributed by atoms with Gasteiger partial charge in [-0.25, -0.2) is 5.09 Å². The standard InChI is InChI=1S/C10H20N3OP/c11-15(12,14)13-10-4-7-1-8(5-10)3-9(2-7)6-10/h7-9H,1-6H2,(H5,11,12,13,14). The third kappa shape index (κ3) is 1.89. The van der Waals surface area contributed by atoms with Gasteiger partial charge in [-0.1, -0.05) is 0 Å². The average Bonchev–Trinajstić information content (AvgIpc) is 1.94. The molecule has 4 rings (SSSR count). The molecule has 0 spiro atoms. The van der Waals surface area contributed by atoms with E-state index in [2.05, 4.69) is 5.09 Å². The van der Waals surface area contributed by atoms with Crippen molar-refractivity contribution in [3.63, 3.8) is 0 Å². The van der Waals surface area contributed by atoms with Crippen molar-refractivity contribution in [2.24, 2.45) is 28.8 Å². The van der Waals surface area contributed by atoms with Gasteiger partial charge in [0.15, 0.2) is 0 Å². The normalized spacial score (nSPS) is 48.5. The van der Waals surface area contributed by atoms with Crippen LogP contribution in [0.3, 0.4) is 0 Å². The maximum atomic E-state index is 11.5. The van der Waals surface area contributed by atoms with Crippen LogP contribution in [-0.4, -0.2) is 5.54 Å². The monoisotopic (exact) mass is 229 g/mol. The molecule has 0 aromatic carbocycles. The van der Waals surface area contributed by atoms with Crippen molar-refractivity contribution in [1.82, 2.24) is 5.09 Å². The van der Waals surface area contributed by atoms with Crippen LogP contribution < -0.4 is 16.1 Å². The first-order chi connectivity index (χ1) is 6.94. The van der Waals surface area contributed by atoms with Gasteiger partial charge < -0.3 is 0 Å². The lowest BCUT2D eigenvalue weighted by Crippen LogP contribution is -2.58. The Hall–Kier alpha value is 0.110. The number of hydrogen-bond acceptors (Lipinski definition) is 1. The summed E-state index contributed by atoms with van der Waals surface area (Å²) in [6.07, 6.45) is 7.54. The molecule has 0 aromatic rings. The van der Waals surface area contributed by atoms with Gasteiger partial charge in [0.25, 0.3) is 7.59 Å². The van der Waals surface area contributed by atoms with E-state index in [4.69, 9.17) is 11.0 Å². The van der Waals surface area contributed by atoms with Crippen molar-refractivity contribution in [3.05, 3.63) is 0 Å². The SMILES string of the molecule is NP(N)(=O)NC12CC3CC(CC(C3)C1)C2. The smallest absolute Gasteiger partial charge is 0.271 e. The number of rotatable bonds is 2. The number of nitrogens with two attached hydrogens (primary N) is 2. The Bertz CT molecular complexity index is 289. The molecule has 0 unspecified atom stereocenters. The Kier molecular flexibility index (Phi) is 2.10. The topological polar surface area (TPSA) is 81.1 Å². The van der Waals surface area contributed by atoms with Gasteiger partial charge >= 0.3 is 0 Å². The summed E-state index contributed by atoms with van der Waals surface area (Å²) in [5, 5.41) is 3.07. The predicted octanol–water partition coefficient (Wildman–Crippen LogP) is 1.57. The van der Waals surface area contributed by atoms with E-state index in [-0.39, 0.29) is 5.54 Å². The molecule has 0 saturated heterocycles. The highest BCUT2D eigenvalue weighted by atomic mass is 31.2. The second-order valence-electron chi connectivity index (χ2n) is 6.02. The fourth-order valence-electron chi connectivity index (χ4n) is 4.62. The van der Waals surface area contributed by atoms with Crippen LogP contribution in [0.5, 0.6) is 0 Å². The molecule has 0 aliphatic heterocycles. The van der Waals surface area contributed by atoms with Crippen LogP contribution in [0.4, 0.5) is 0 Å². The maximum Gasteiger partial charge on any atom is 0.274 e. The average molecular weight is 229 g/mol. The highest BCUT2D eigenvalue weighted by Gasteiger charge is 2.52. The third-order valence-corrected chi connectivity index (χ3v) is 5.27. The van der Waals surface area contributed by atoms with Gasteiger partial charge in [-0.2, -0.15) is 0 Å². The molecule has 4 aliphatic carbocycles. The first kappa shape index (κ1) is 10.3. The zero-order chi connectivity index (χ0) is 10.7. The van der Waals surface area contributed by atoms with Crippen LogP contribution >= 0.6 is 7.59 Å². The molecule has 0 atom stereocenters. The van der Waals surface area contributed by atoms with E-state index < -0.39 is 7.59 Å². The summed E-state index contributed by atoms with van der Waals surface area (Å²) in [7, 11) is -3.06. The number of hydrogen-bond donors (Lipinski definition) is 3. The molecule has 0 aromatic heterocycles. The summed E-state index contributed by atoms with van der Waals surface area (Å²) < 4.78 is 11.5. The zero-order valence-electron chi connectivity index (χ0n) is 8.98. The van der Waals surface area contributed by atoms with Crippen LogP contribution in [0.15, 0.2) is 0 Å². The Labute approximate surface area is 90.7 Å². The lowest BCUT2D eigenvalue weighted by molar-refractivity contribution is -0.00851. The van der Waals surface area contributed by atoms with Crippen molar-refractivity contribution < 1.29 is 4.57 Å². The predicted molar refractivity (Wildman–Crippen MR) is 60.0 cm³/mol. The lowest BCUT2D eigenvalue weighted by Gasteiger charge is -2.57. The van der Waals surface area contributed by atoms with Crippen molar-refractivity contribution in [3.8, 4) is 0 Å². The quantitative estimate of drug-likeness (QED) is 0.628. The highest BCUT2D eigenvalue weighted by molar-refractivity contribution is 7.56. The fourth-order valence-corrected chi connectivity index (χ4v) is 5.63. The molecular weight excluding hydrogens is 209 g/mol. The Morgan fingerprint density at radius 2 is 1.40 bits per heavy atom. The molecule has 0 amide bonds. The van der Waals surface area contributed by atoms with Gasteiger partial charge in [-0.15, -0.1) is 0 Å². The van der Waals surface area contributed by atoms with E-state index >= 15 is 0 Å². The minimum Gasteiger partial charge on any atom is -0.271 e. The molecule has 0 heterocycles. The summed E-state index contributed by atoms with van der Waals surface area (Å²) >= 11 is 0.